The van der Waals surface area contributed by atoms with Crippen LogP contribution in [0.5, 0.6) is 0 Å². The van der Waals surface area contributed by atoms with E-state index in [9.17, 15) is 9.59 Å². The summed E-state index contributed by atoms with van der Waals surface area (Å²) in [5.41, 5.74) is 2.96. The number of carbonyl (C=O) groups excluding carboxylic acids is 2. The van der Waals surface area contributed by atoms with Gasteiger partial charge in [0.05, 0.1) is 30.3 Å². The molecule has 0 aliphatic carbocycles. The van der Waals surface area contributed by atoms with Crippen molar-refractivity contribution in [2.24, 2.45) is 0 Å². The van der Waals surface area contributed by atoms with E-state index in [1.807, 2.05) is 12.1 Å². The van der Waals surface area contributed by atoms with Crippen molar-refractivity contribution in [2.75, 3.05) is 25.0 Å². The topological polar surface area (TPSA) is 91.7 Å². The number of carbonyl (C=O) groups is 2. The van der Waals surface area contributed by atoms with E-state index in [-0.39, 0.29) is 18.8 Å². The number of hydrogen-bond acceptors (Lipinski definition) is 6. The van der Waals surface area contributed by atoms with Crippen LogP contribution in [-0.2, 0) is 27.2 Å². The van der Waals surface area contributed by atoms with Crippen LogP contribution in [0.4, 0.5) is 5.69 Å². The van der Waals surface area contributed by atoms with Gasteiger partial charge >= 0.3 is 5.97 Å². The molecule has 1 fully saturated rings. The maximum Gasteiger partial charge on any atom is 0.338 e. The molecule has 3 rings (SSSR count). The molecule has 162 valence electrons. The molecule has 7 heteroatoms. The lowest BCUT2D eigenvalue weighted by Crippen LogP contribution is -2.44. The van der Waals surface area contributed by atoms with Crippen molar-refractivity contribution in [3.05, 3.63) is 65.2 Å². The van der Waals surface area contributed by atoms with Crippen LogP contribution in [0.25, 0.3) is 0 Å². The van der Waals surface area contributed by atoms with Gasteiger partial charge in [-0.1, -0.05) is 24.3 Å². The molecule has 1 aliphatic heterocycles. The molecule has 0 radical (unpaired) electrons. The summed E-state index contributed by atoms with van der Waals surface area (Å²) in [7, 11) is 0. The SMILES string of the molecule is CC1CN(Cc2ccc(C(=O)OCC(=O)Nc3ccc(CC#N)cc3)cc2)CC(C)O1. The Kier molecular flexibility index (Phi) is 7.76. The van der Waals surface area contributed by atoms with Gasteiger partial charge in [-0.05, 0) is 49.2 Å². The number of amides is 1. The molecule has 1 N–H and O–H groups in total. The summed E-state index contributed by atoms with van der Waals surface area (Å²) in [5.74, 6) is -0.965. The molecule has 2 unspecified atom stereocenters. The van der Waals surface area contributed by atoms with Crippen LogP contribution in [-0.4, -0.2) is 48.7 Å². The van der Waals surface area contributed by atoms with Crippen molar-refractivity contribution in [1.29, 1.82) is 5.26 Å². The van der Waals surface area contributed by atoms with Crippen LogP contribution in [0.15, 0.2) is 48.5 Å². The number of nitrogens with one attached hydrogen (secondary N) is 1. The van der Waals surface area contributed by atoms with Gasteiger partial charge in [-0.25, -0.2) is 4.79 Å². The highest BCUT2D eigenvalue weighted by atomic mass is 16.5. The van der Waals surface area contributed by atoms with Gasteiger partial charge in [0.15, 0.2) is 6.61 Å². The highest BCUT2D eigenvalue weighted by Gasteiger charge is 2.22. The van der Waals surface area contributed by atoms with E-state index in [1.165, 1.54) is 0 Å². The molecule has 1 aliphatic rings. The number of benzene rings is 2. The molecular weight excluding hydrogens is 394 g/mol. The fourth-order valence-electron chi connectivity index (χ4n) is 3.63. The lowest BCUT2D eigenvalue weighted by molar-refractivity contribution is -0.119. The smallest absolute Gasteiger partial charge is 0.338 e. The van der Waals surface area contributed by atoms with Gasteiger partial charge in [0, 0.05) is 25.3 Å². The molecule has 1 amide bonds. The van der Waals surface area contributed by atoms with E-state index >= 15 is 0 Å². The first-order valence-corrected chi connectivity index (χ1v) is 10.3. The number of nitriles is 1. The van der Waals surface area contributed by atoms with Crippen LogP contribution >= 0.6 is 0 Å². The first-order chi connectivity index (χ1) is 14.9. The fourth-order valence-corrected chi connectivity index (χ4v) is 3.63. The Bertz CT molecular complexity index is 925. The van der Waals surface area contributed by atoms with Gasteiger partial charge in [0.25, 0.3) is 5.91 Å². The summed E-state index contributed by atoms with van der Waals surface area (Å²) >= 11 is 0. The zero-order valence-corrected chi connectivity index (χ0v) is 17.8. The number of esters is 1. The van der Waals surface area contributed by atoms with Crippen LogP contribution in [0, 0.1) is 11.3 Å². The van der Waals surface area contributed by atoms with Crippen LogP contribution in [0.1, 0.15) is 35.3 Å². The number of morpholine rings is 1. The molecule has 1 saturated heterocycles. The lowest BCUT2D eigenvalue weighted by Gasteiger charge is -2.35. The first kappa shape index (κ1) is 22.5. The molecule has 0 spiro atoms. The molecule has 7 nitrogen and oxygen atoms in total. The zero-order chi connectivity index (χ0) is 22.2. The molecule has 2 aromatic rings. The molecule has 2 aromatic carbocycles. The number of ether oxygens (including phenoxy) is 2. The van der Waals surface area contributed by atoms with Crippen molar-refractivity contribution >= 4 is 17.6 Å². The fraction of sp³-hybridized carbons (Fsp3) is 0.375. The van der Waals surface area contributed by atoms with E-state index in [0.29, 0.717) is 17.7 Å². The highest BCUT2D eigenvalue weighted by molar-refractivity contribution is 5.95. The Morgan fingerprint density at radius 2 is 1.68 bits per heavy atom. The summed E-state index contributed by atoms with van der Waals surface area (Å²) in [4.78, 5) is 26.6. The standard InChI is InChI=1S/C24H27N3O4/c1-17-13-27(14-18(2)31-17)15-20-3-7-21(8-4-20)24(29)30-16-23(28)26-22-9-5-19(6-10-22)11-12-25/h3-10,17-18H,11,13-16H2,1-2H3,(H,26,28). The number of hydrogen-bond donors (Lipinski definition) is 1. The monoisotopic (exact) mass is 421 g/mol. The maximum atomic E-state index is 12.2. The minimum absolute atomic E-state index is 0.208. The predicted octanol–water partition coefficient (Wildman–Crippen LogP) is 3.16. The van der Waals surface area contributed by atoms with Gasteiger partial charge in [-0.2, -0.15) is 5.26 Å². The van der Waals surface area contributed by atoms with Gasteiger partial charge in [0.2, 0.25) is 0 Å². The van der Waals surface area contributed by atoms with E-state index in [4.69, 9.17) is 14.7 Å². The second-order valence-electron chi connectivity index (χ2n) is 7.80. The molecule has 0 saturated carbocycles. The highest BCUT2D eigenvalue weighted by Crippen LogP contribution is 2.15. The Balaban J connectivity index is 1.45. The van der Waals surface area contributed by atoms with E-state index in [0.717, 1.165) is 30.8 Å². The molecule has 0 bridgehead atoms. The largest absolute Gasteiger partial charge is 0.452 e. The minimum atomic E-state index is -0.542. The second kappa shape index (κ2) is 10.7. The van der Waals surface area contributed by atoms with Gasteiger partial charge in [-0.15, -0.1) is 0 Å². The summed E-state index contributed by atoms with van der Waals surface area (Å²) in [6.45, 7) is 6.32. The predicted molar refractivity (Wildman–Crippen MR) is 116 cm³/mol. The maximum absolute atomic E-state index is 12.2. The summed E-state index contributed by atoms with van der Waals surface area (Å²) in [6.07, 6.45) is 0.731. The van der Waals surface area contributed by atoms with E-state index < -0.39 is 11.9 Å². The van der Waals surface area contributed by atoms with Crippen molar-refractivity contribution in [3.8, 4) is 6.07 Å². The van der Waals surface area contributed by atoms with E-state index in [1.54, 1.807) is 36.4 Å². The third-order valence-electron chi connectivity index (χ3n) is 4.95. The normalized spacial score (nSPS) is 18.7. The van der Waals surface area contributed by atoms with Crippen molar-refractivity contribution in [1.82, 2.24) is 4.90 Å². The van der Waals surface area contributed by atoms with E-state index in [2.05, 4.69) is 30.1 Å². The van der Waals surface area contributed by atoms with Crippen LogP contribution in [0.3, 0.4) is 0 Å². The number of nitrogens with zero attached hydrogens (tertiary/aromatic N) is 2. The molecular formula is C24H27N3O4. The third kappa shape index (κ3) is 6.92. The number of anilines is 1. The Hall–Kier alpha value is -3.21. The molecule has 2 atom stereocenters. The molecule has 31 heavy (non-hydrogen) atoms. The zero-order valence-electron chi connectivity index (χ0n) is 17.8. The summed E-state index contributed by atoms with van der Waals surface area (Å²) in [5, 5.41) is 11.3. The second-order valence-corrected chi connectivity index (χ2v) is 7.80. The third-order valence-corrected chi connectivity index (χ3v) is 4.95. The average Bonchev–Trinajstić information content (AvgIpc) is 2.73. The van der Waals surface area contributed by atoms with Gasteiger partial charge in [-0.3, -0.25) is 9.69 Å². The first-order valence-electron chi connectivity index (χ1n) is 10.3. The van der Waals surface area contributed by atoms with Crippen molar-refractivity contribution in [3.63, 3.8) is 0 Å². The average molecular weight is 421 g/mol. The van der Waals surface area contributed by atoms with Crippen molar-refractivity contribution < 1.29 is 19.1 Å². The quantitative estimate of drug-likeness (QED) is 0.691. The number of rotatable bonds is 7. The minimum Gasteiger partial charge on any atom is -0.452 e. The van der Waals surface area contributed by atoms with Gasteiger partial charge in [0.1, 0.15) is 0 Å². The summed E-state index contributed by atoms with van der Waals surface area (Å²) < 4.78 is 10.9. The Morgan fingerprint density at radius 3 is 2.29 bits per heavy atom. The molecule has 0 aromatic heterocycles. The Labute approximate surface area is 182 Å². The Morgan fingerprint density at radius 1 is 1.06 bits per heavy atom. The molecule has 1 heterocycles. The van der Waals surface area contributed by atoms with Gasteiger partial charge < -0.3 is 14.8 Å². The van der Waals surface area contributed by atoms with Crippen LogP contribution < -0.4 is 5.32 Å². The summed E-state index contributed by atoms with van der Waals surface area (Å²) in [6, 6.07) is 16.3. The van der Waals surface area contributed by atoms with Crippen LogP contribution in [0.2, 0.25) is 0 Å². The lowest BCUT2D eigenvalue weighted by atomic mass is 10.1. The van der Waals surface area contributed by atoms with Crippen molar-refractivity contribution in [2.45, 2.75) is 39.0 Å².